The minimum absolute atomic E-state index is 0.0761. The largest absolute Gasteiger partial charge is 0.458 e. The van der Waals surface area contributed by atoms with E-state index in [1.54, 1.807) is 19.9 Å². The quantitative estimate of drug-likeness (QED) is 0.662. The summed E-state index contributed by atoms with van der Waals surface area (Å²) in [5.74, 6) is -2.40. The van der Waals surface area contributed by atoms with Crippen LogP contribution < -0.4 is 0 Å². The molecule has 8 atom stereocenters. The molecule has 7 heteroatoms. The topological polar surface area (TPSA) is 101 Å². The molecule has 0 aliphatic heterocycles. The molecule has 0 aromatic heterocycles. The Bertz CT molecular complexity index is 910. The maximum Gasteiger partial charge on any atom is 0.303 e. The van der Waals surface area contributed by atoms with Crippen LogP contribution in [0.4, 0.5) is 4.39 Å². The molecule has 0 radical (unpaired) electrons. The van der Waals surface area contributed by atoms with Crippen molar-refractivity contribution in [2.45, 2.75) is 70.8 Å². The van der Waals surface area contributed by atoms with Crippen molar-refractivity contribution in [1.29, 1.82) is 0 Å². The molecule has 0 aromatic carbocycles. The van der Waals surface area contributed by atoms with Crippen molar-refractivity contribution < 1.29 is 33.7 Å². The van der Waals surface area contributed by atoms with Crippen molar-refractivity contribution in [2.75, 3.05) is 6.61 Å². The van der Waals surface area contributed by atoms with E-state index in [1.165, 1.54) is 19.1 Å². The Morgan fingerprint density at radius 1 is 1.29 bits per heavy atom. The van der Waals surface area contributed by atoms with Gasteiger partial charge in [0, 0.05) is 23.7 Å². The Hall–Kier alpha value is -1.86. The van der Waals surface area contributed by atoms with Gasteiger partial charge >= 0.3 is 5.97 Å². The summed E-state index contributed by atoms with van der Waals surface area (Å²) < 4.78 is 21.9. The van der Waals surface area contributed by atoms with E-state index in [4.69, 9.17) is 4.74 Å². The Balaban J connectivity index is 1.75. The number of carbonyl (C=O) groups excluding carboxylic acids is 3. The minimum Gasteiger partial charge on any atom is -0.458 e. The van der Waals surface area contributed by atoms with E-state index in [0.717, 1.165) is 0 Å². The van der Waals surface area contributed by atoms with Crippen LogP contribution in [0.2, 0.25) is 0 Å². The summed E-state index contributed by atoms with van der Waals surface area (Å²) >= 11 is 0. The van der Waals surface area contributed by atoms with Gasteiger partial charge in [0.15, 0.2) is 18.1 Å². The maximum atomic E-state index is 17.1. The fourth-order valence-electron chi connectivity index (χ4n) is 7.35. The van der Waals surface area contributed by atoms with Gasteiger partial charge in [0.1, 0.15) is 5.60 Å². The summed E-state index contributed by atoms with van der Waals surface area (Å²) in [5.41, 5.74) is -5.30. The lowest BCUT2D eigenvalue weighted by Crippen LogP contribution is -2.70. The predicted octanol–water partition coefficient (Wildman–Crippen LogP) is 2.47. The van der Waals surface area contributed by atoms with E-state index in [9.17, 15) is 24.6 Å². The summed E-state index contributed by atoms with van der Waals surface area (Å²) in [6.45, 7) is 6.10. The molecular formula is C24H31FO6. The first-order chi connectivity index (χ1) is 14.3. The van der Waals surface area contributed by atoms with Crippen LogP contribution in [0.15, 0.2) is 23.8 Å². The molecule has 3 fully saturated rings. The smallest absolute Gasteiger partial charge is 0.303 e. The van der Waals surface area contributed by atoms with Gasteiger partial charge in [0.2, 0.25) is 5.78 Å². The van der Waals surface area contributed by atoms with Gasteiger partial charge in [0.05, 0.1) is 6.10 Å². The number of ketones is 2. The average molecular weight is 435 g/mol. The third-order valence-corrected chi connectivity index (χ3v) is 8.99. The summed E-state index contributed by atoms with van der Waals surface area (Å²) in [6.07, 6.45) is 3.93. The number of esters is 1. The lowest BCUT2D eigenvalue weighted by atomic mass is 9.43. The summed E-state index contributed by atoms with van der Waals surface area (Å²) in [7, 11) is 0. The van der Waals surface area contributed by atoms with E-state index >= 15 is 4.39 Å². The molecule has 2 N–H and O–H groups in total. The molecule has 0 spiro atoms. The molecule has 0 bridgehead atoms. The molecule has 0 saturated heterocycles. The van der Waals surface area contributed by atoms with E-state index in [1.807, 2.05) is 6.92 Å². The molecular weight excluding hydrogens is 403 g/mol. The number of alkyl halides is 1. The first-order valence-electron chi connectivity index (χ1n) is 11.0. The molecule has 0 aromatic rings. The van der Waals surface area contributed by atoms with E-state index in [2.05, 4.69) is 0 Å². The number of hydrogen-bond donors (Lipinski definition) is 2. The minimum atomic E-state index is -2.02. The van der Waals surface area contributed by atoms with Gasteiger partial charge in [-0.15, -0.1) is 0 Å². The zero-order chi connectivity index (χ0) is 23.0. The number of allylic oxidation sites excluding steroid dienone is 4. The molecule has 2 unspecified atom stereocenters. The van der Waals surface area contributed by atoms with Crippen LogP contribution in [0.3, 0.4) is 0 Å². The normalized spacial score (nSPS) is 48.4. The van der Waals surface area contributed by atoms with Crippen molar-refractivity contribution in [1.82, 2.24) is 0 Å². The zero-order valence-corrected chi connectivity index (χ0v) is 18.5. The van der Waals surface area contributed by atoms with Crippen LogP contribution in [-0.4, -0.2) is 51.7 Å². The van der Waals surface area contributed by atoms with E-state index in [-0.39, 0.29) is 30.5 Å². The third-order valence-electron chi connectivity index (χ3n) is 8.99. The van der Waals surface area contributed by atoms with Crippen LogP contribution in [0.25, 0.3) is 0 Å². The molecule has 6 nitrogen and oxygen atoms in total. The first-order valence-corrected chi connectivity index (χ1v) is 11.0. The molecule has 4 aliphatic rings. The van der Waals surface area contributed by atoms with Crippen molar-refractivity contribution in [3.05, 3.63) is 23.8 Å². The standard InChI is InChI=1S/C24H31FO6/c1-13-9-18-16-6-8-23(30,20(29)12-31-14(2)26)22(16,4)11-19(28)24(18,25)21(3)7-5-15(27)10-17(13)21/h5,7,10,13,16,18-19,28,30H,6,8-9,11-12H2,1-4H3/t13?,16-,18-,19?,21-,22-,23-,24-/m0/s1. The maximum absolute atomic E-state index is 17.1. The molecule has 4 rings (SSSR count). The van der Waals surface area contributed by atoms with Crippen molar-refractivity contribution in [2.24, 2.45) is 28.6 Å². The number of Topliss-reactive ketones (excluding diaryl/α,β-unsaturated/α-hetero) is 1. The molecule has 0 heterocycles. The number of carbonyl (C=O) groups is 3. The highest BCUT2D eigenvalue weighted by Crippen LogP contribution is 2.70. The van der Waals surface area contributed by atoms with E-state index < -0.39 is 52.5 Å². The van der Waals surface area contributed by atoms with Gasteiger partial charge in [-0.1, -0.05) is 25.5 Å². The molecule has 0 amide bonds. The van der Waals surface area contributed by atoms with Gasteiger partial charge in [0.25, 0.3) is 0 Å². The van der Waals surface area contributed by atoms with Gasteiger partial charge in [-0.2, -0.15) is 0 Å². The fraction of sp³-hybridized carbons (Fsp3) is 0.708. The summed E-state index contributed by atoms with van der Waals surface area (Å²) in [4.78, 5) is 36.1. The fourth-order valence-corrected chi connectivity index (χ4v) is 7.35. The number of aliphatic hydroxyl groups excluding tert-OH is 1. The van der Waals surface area contributed by atoms with Crippen molar-refractivity contribution in [3.8, 4) is 0 Å². The zero-order valence-electron chi connectivity index (χ0n) is 18.5. The highest BCUT2D eigenvalue weighted by Gasteiger charge is 2.74. The van der Waals surface area contributed by atoms with Gasteiger partial charge in [-0.05, 0) is 56.6 Å². The molecule has 170 valence electrons. The number of halogens is 1. The lowest BCUT2D eigenvalue weighted by molar-refractivity contribution is -0.221. The number of aliphatic hydroxyl groups is 2. The van der Waals surface area contributed by atoms with Crippen LogP contribution in [0.1, 0.15) is 53.4 Å². The Morgan fingerprint density at radius 2 is 1.97 bits per heavy atom. The highest BCUT2D eigenvalue weighted by molar-refractivity contribution is 6.01. The number of rotatable bonds is 3. The Morgan fingerprint density at radius 3 is 2.61 bits per heavy atom. The lowest BCUT2D eigenvalue weighted by Gasteiger charge is -2.63. The van der Waals surface area contributed by atoms with Crippen molar-refractivity contribution >= 4 is 17.5 Å². The number of fused-ring (bicyclic) bond motifs is 5. The van der Waals surface area contributed by atoms with Gasteiger partial charge < -0.3 is 14.9 Å². The molecule has 4 aliphatic carbocycles. The van der Waals surface area contributed by atoms with Gasteiger partial charge in [-0.3, -0.25) is 14.4 Å². The van der Waals surface area contributed by atoms with Crippen LogP contribution in [-0.2, 0) is 19.1 Å². The molecule has 3 saturated carbocycles. The summed E-state index contributed by atoms with van der Waals surface area (Å²) in [5, 5.41) is 22.7. The summed E-state index contributed by atoms with van der Waals surface area (Å²) in [6, 6.07) is 0. The Kier molecular flexibility index (Phi) is 4.91. The predicted molar refractivity (Wildman–Crippen MR) is 109 cm³/mol. The average Bonchev–Trinajstić information content (AvgIpc) is 2.96. The SMILES string of the molecule is CC(=O)OCC(=O)[C@@]1(O)CC[C@H]2[C@@H]3CC(C)C4=CC(=O)C=C[C@]4(C)[C@@]3(F)C(O)C[C@@]21C. The second kappa shape index (κ2) is 6.82. The second-order valence-corrected chi connectivity index (χ2v) is 10.4. The van der Waals surface area contributed by atoms with Crippen molar-refractivity contribution in [3.63, 3.8) is 0 Å². The second-order valence-electron chi connectivity index (χ2n) is 10.4. The molecule has 31 heavy (non-hydrogen) atoms. The highest BCUT2D eigenvalue weighted by atomic mass is 19.1. The third kappa shape index (κ3) is 2.72. The Labute approximate surface area is 181 Å². The first kappa shape index (κ1) is 22.3. The van der Waals surface area contributed by atoms with Crippen LogP contribution in [0.5, 0.6) is 0 Å². The van der Waals surface area contributed by atoms with Crippen LogP contribution in [0, 0.1) is 28.6 Å². The monoisotopic (exact) mass is 434 g/mol. The van der Waals surface area contributed by atoms with E-state index in [0.29, 0.717) is 18.4 Å². The number of ether oxygens (including phenoxy) is 1. The number of hydrogen-bond acceptors (Lipinski definition) is 6. The van der Waals surface area contributed by atoms with Crippen LogP contribution >= 0.6 is 0 Å². The van der Waals surface area contributed by atoms with Gasteiger partial charge in [-0.25, -0.2) is 4.39 Å².